The molecule has 2 rings (SSSR count). The number of amides is 2. The van der Waals surface area contributed by atoms with Gasteiger partial charge in [-0.1, -0.05) is 30.3 Å². The SMILES string of the molecule is COC(=O)OCc1cc(COC(=O)OC)cc(NC(=O)[C@H](Cc2ccccc2)NC(=O)OC(C)(C)C)c1. The van der Waals surface area contributed by atoms with Gasteiger partial charge in [-0.05, 0) is 55.7 Å². The fourth-order valence-corrected chi connectivity index (χ4v) is 3.14. The molecule has 2 amide bonds. The van der Waals surface area contributed by atoms with Gasteiger partial charge in [0.15, 0.2) is 0 Å². The molecular weight excluding hydrogens is 484 g/mol. The molecule has 2 N–H and O–H groups in total. The van der Waals surface area contributed by atoms with Crippen molar-refractivity contribution >= 4 is 30.0 Å². The van der Waals surface area contributed by atoms with Crippen molar-refractivity contribution < 1.29 is 42.9 Å². The Labute approximate surface area is 215 Å². The van der Waals surface area contributed by atoms with E-state index in [1.54, 1.807) is 39.0 Å². The van der Waals surface area contributed by atoms with E-state index in [-0.39, 0.29) is 19.6 Å². The maximum absolute atomic E-state index is 13.3. The summed E-state index contributed by atoms with van der Waals surface area (Å²) in [6.07, 6.45) is -2.30. The summed E-state index contributed by atoms with van der Waals surface area (Å²) < 4.78 is 24.3. The molecule has 0 radical (unpaired) electrons. The molecule has 37 heavy (non-hydrogen) atoms. The summed E-state index contributed by atoms with van der Waals surface area (Å²) in [4.78, 5) is 48.5. The molecule has 0 fully saturated rings. The smallest absolute Gasteiger partial charge is 0.444 e. The minimum absolute atomic E-state index is 0.161. The molecule has 0 unspecified atom stereocenters. The van der Waals surface area contributed by atoms with E-state index < -0.39 is 36.0 Å². The Hall–Kier alpha value is -4.28. The predicted molar refractivity (Wildman–Crippen MR) is 133 cm³/mol. The summed E-state index contributed by atoms with van der Waals surface area (Å²) in [5, 5.41) is 5.38. The molecule has 0 aromatic heterocycles. The lowest BCUT2D eigenvalue weighted by Crippen LogP contribution is -2.47. The molecule has 0 aliphatic rings. The summed E-state index contributed by atoms with van der Waals surface area (Å²) >= 11 is 0. The van der Waals surface area contributed by atoms with Gasteiger partial charge in [-0.25, -0.2) is 14.4 Å². The molecule has 11 heteroatoms. The van der Waals surface area contributed by atoms with Gasteiger partial charge in [0.25, 0.3) is 0 Å². The van der Waals surface area contributed by atoms with Gasteiger partial charge < -0.3 is 34.3 Å². The number of carbonyl (C=O) groups excluding carboxylic acids is 4. The summed E-state index contributed by atoms with van der Waals surface area (Å²) in [6.45, 7) is 4.84. The number of alkyl carbamates (subject to hydrolysis) is 1. The molecule has 0 saturated carbocycles. The largest absolute Gasteiger partial charge is 0.508 e. The molecule has 200 valence electrons. The second kappa shape index (κ2) is 13.7. The average Bonchev–Trinajstić information content (AvgIpc) is 2.84. The van der Waals surface area contributed by atoms with Crippen LogP contribution in [-0.2, 0) is 48.1 Å². The molecule has 0 bridgehead atoms. The number of benzene rings is 2. The summed E-state index contributed by atoms with van der Waals surface area (Å²) in [7, 11) is 2.36. The Morgan fingerprint density at radius 2 is 1.35 bits per heavy atom. The standard InChI is InChI=1S/C26H32N2O9/c1-26(2,3)37-23(30)28-21(14-17-9-7-6-8-10-17)22(29)27-20-12-18(15-35-24(31)33-4)11-19(13-20)16-36-25(32)34-5/h6-13,21H,14-16H2,1-5H3,(H,27,29)(H,28,30)/t21-/m0/s1. The van der Waals surface area contributed by atoms with Gasteiger partial charge in [0.2, 0.25) is 5.91 Å². The third kappa shape index (κ3) is 10.9. The fraction of sp³-hybridized carbons (Fsp3) is 0.385. The van der Waals surface area contributed by atoms with Gasteiger partial charge in [-0.3, -0.25) is 4.79 Å². The van der Waals surface area contributed by atoms with Crippen LogP contribution in [0.1, 0.15) is 37.5 Å². The molecule has 0 aliphatic heterocycles. The van der Waals surface area contributed by atoms with Crippen LogP contribution in [0.5, 0.6) is 0 Å². The molecule has 2 aromatic carbocycles. The van der Waals surface area contributed by atoms with Gasteiger partial charge in [-0.15, -0.1) is 0 Å². The first kappa shape index (κ1) is 29.0. The monoisotopic (exact) mass is 516 g/mol. The van der Waals surface area contributed by atoms with Crippen molar-refractivity contribution in [2.24, 2.45) is 0 Å². The van der Waals surface area contributed by atoms with E-state index in [0.29, 0.717) is 16.8 Å². The minimum Gasteiger partial charge on any atom is -0.444 e. The Kier molecular flexibility index (Phi) is 10.7. The fourth-order valence-electron chi connectivity index (χ4n) is 3.14. The van der Waals surface area contributed by atoms with Crippen LogP contribution >= 0.6 is 0 Å². The van der Waals surface area contributed by atoms with Crippen molar-refractivity contribution in [3.05, 3.63) is 65.2 Å². The van der Waals surface area contributed by atoms with Crippen LogP contribution in [-0.4, -0.2) is 50.2 Å². The zero-order valence-electron chi connectivity index (χ0n) is 21.5. The summed E-state index contributed by atoms with van der Waals surface area (Å²) in [5.74, 6) is -0.513. The van der Waals surface area contributed by atoms with Crippen molar-refractivity contribution in [2.45, 2.75) is 52.0 Å². The van der Waals surface area contributed by atoms with Gasteiger partial charge in [0.1, 0.15) is 24.9 Å². The highest BCUT2D eigenvalue weighted by Crippen LogP contribution is 2.19. The van der Waals surface area contributed by atoms with E-state index in [1.165, 1.54) is 14.2 Å². The lowest BCUT2D eigenvalue weighted by Gasteiger charge is -2.23. The number of anilines is 1. The van der Waals surface area contributed by atoms with Crippen LogP contribution in [0.3, 0.4) is 0 Å². The highest BCUT2D eigenvalue weighted by molar-refractivity contribution is 5.97. The van der Waals surface area contributed by atoms with Gasteiger partial charge >= 0.3 is 18.4 Å². The number of hydrogen-bond acceptors (Lipinski definition) is 9. The lowest BCUT2D eigenvalue weighted by atomic mass is 10.0. The van der Waals surface area contributed by atoms with Crippen molar-refractivity contribution in [3.8, 4) is 0 Å². The van der Waals surface area contributed by atoms with Crippen LogP contribution in [0.2, 0.25) is 0 Å². The lowest BCUT2D eigenvalue weighted by molar-refractivity contribution is -0.118. The molecule has 0 spiro atoms. The molecule has 2 aromatic rings. The zero-order chi connectivity index (χ0) is 27.4. The third-order valence-corrected chi connectivity index (χ3v) is 4.66. The van der Waals surface area contributed by atoms with Crippen LogP contribution in [0, 0.1) is 0 Å². The van der Waals surface area contributed by atoms with Crippen LogP contribution in [0.15, 0.2) is 48.5 Å². The number of rotatable bonds is 9. The van der Waals surface area contributed by atoms with Crippen molar-refractivity contribution in [1.82, 2.24) is 5.32 Å². The number of hydrogen-bond donors (Lipinski definition) is 2. The quantitative estimate of drug-likeness (QED) is 0.368. The van der Waals surface area contributed by atoms with Crippen LogP contribution < -0.4 is 10.6 Å². The Balaban J connectivity index is 2.27. The minimum atomic E-state index is -0.970. The van der Waals surface area contributed by atoms with E-state index in [4.69, 9.17) is 14.2 Å². The van der Waals surface area contributed by atoms with Gasteiger partial charge in [0, 0.05) is 12.1 Å². The van der Waals surface area contributed by atoms with Crippen LogP contribution in [0.4, 0.5) is 20.1 Å². The second-order valence-electron chi connectivity index (χ2n) is 8.90. The molecule has 1 atom stereocenters. The van der Waals surface area contributed by atoms with E-state index >= 15 is 0 Å². The highest BCUT2D eigenvalue weighted by Gasteiger charge is 2.25. The number of nitrogens with one attached hydrogen (secondary N) is 2. The molecule has 0 saturated heterocycles. The first-order chi connectivity index (χ1) is 17.5. The van der Waals surface area contributed by atoms with E-state index in [9.17, 15) is 19.2 Å². The van der Waals surface area contributed by atoms with Crippen molar-refractivity contribution in [1.29, 1.82) is 0 Å². The molecule has 0 aliphatic carbocycles. The number of methoxy groups -OCH3 is 2. The second-order valence-corrected chi connectivity index (χ2v) is 8.90. The van der Waals surface area contributed by atoms with E-state index in [2.05, 4.69) is 20.1 Å². The Bertz CT molecular complexity index is 1040. The van der Waals surface area contributed by atoms with Crippen molar-refractivity contribution in [2.75, 3.05) is 19.5 Å². The summed E-state index contributed by atoms with van der Waals surface area (Å²) in [5.41, 5.74) is 1.38. The Morgan fingerprint density at radius 1 is 0.811 bits per heavy atom. The van der Waals surface area contributed by atoms with E-state index in [0.717, 1.165) is 5.56 Å². The third-order valence-electron chi connectivity index (χ3n) is 4.66. The maximum atomic E-state index is 13.3. The summed E-state index contributed by atoms with van der Waals surface area (Å²) in [6, 6.07) is 13.0. The van der Waals surface area contributed by atoms with Gasteiger partial charge in [-0.2, -0.15) is 0 Å². The zero-order valence-corrected chi connectivity index (χ0v) is 21.5. The highest BCUT2D eigenvalue weighted by atomic mass is 16.7. The topological polar surface area (TPSA) is 138 Å². The molecular formula is C26H32N2O9. The van der Waals surface area contributed by atoms with Gasteiger partial charge in [0.05, 0.1) is 14.2 Å². The van der Waals surface area contributed by atoms with E-state index in [1.807, 2.05) is 30.3 Å². The van der Waals surface area contributed by atoms with Crippen LogP contribution in [0.25, 0.3) is 0 Å². The predicted octanol–water partition coefficient (Wildman–Crippen LogP) is 4.33. The first-order valence-corrected chi connectivity index (χ1v) is 11.4. The maximum Gasteiger partial charge on any atom is 0.508 e. The average molecular weight is 517 g/mol. The molecule has 11 nitrogen and oxygen atoms in total. The first-order valence-electron chi connectivity index (χ1n) is 11.4. The van der Waals surface area contributed by atoms with Crippen molar-refractivity contribution in [3.63, 3.8) is 0 Å². The Morgan fingerprint density at radius 3 is 1.84 bits per heavy atom. The normalized spacial score (nSPS) is 11.5. The number of carbonyl (C=O) groups is 4. The molecule has 0 heterocycles. The number of ether oxygens (including phenoxy) is 5.